The molecule has 0 radical (unpaired) electrons. The molecule has 0 saturated heterocycles. The summed E-state index contributed by atoms with van der Waals surface area (Å²) in [5.41, 5.74) is 2.84. The van der Waals surface area contributed by atoms with E-state index in [1.165, 1.54) is 6.08 Å². The summed E-state index contributed by atoms with van der Waals surface area (Å²) < 4.78 is 28.3. The summed E-state index contributed by atoms with van der Waals surface area (Å²) in [6, 6.07) is 10.6. The highest BCUT2D eigenvalue weighted by Crippen LogP contribution is 2.31. The van der Waals surface area contributed by atoms with Gasteiger partial charge < -0.3 is 9.88 Å². The molecular formula is C21H23N3O3S2. The maximum atomic E-state index is 13.0. The Morgan fingerprint density at radius 3 is 2.45 bits per heavy atom. The molecule has 0 unspecified atom stereocenters. The summed E-state index contributed by atoms with van der Waals surface area (Å²) in [7, 11) is -3.42. The van der Waals surface area contributed by atoms with Crippen molar-refractivity contribution in [2.24, 2.45) is 0 Å². The average molecular weight is 430 g/mol. The third kappa shape index (κ3) is 5.03. The Hall–Kier alpha value is -2.68. The van der Waals surface area contributed by atoms with Gasteiger partial charge in [-0.15, -0.1) is 17.9 Å². The predicted molar refractivity (Wildman–Crippen MR) is 118 cm³/mol. The number of nitrogens with one attached hydrogen (secondary N) is 2. The molecule has 0 spiro atoms. The topological polar surface area (TPSA) is 80.2 Å². The van der Waals surface area contributed by atoms with Crippen LogP contribution >= 0.6 is 11.3 Å². The Morgan fingerprint density at radius 1 is 1.17 bits per heavy atom. The number of aryl methyl sites for hydroxylation is 1. The van der Waals surface area contributed by atoms with Crippen molar-refractivity contribution in [2.45, 2.75) is 19.6 Å². The molecule has 0 fully saturated rings. The lowest BCUT2D eigenvalue weighted by molar-refractivity contribution is 0.102. The molecule has 0 bridgehead atoms. The number of carbonyl (C=O) groups is 1. The molecular weight excluding hydrogens is 406 g/mol. The SMILES string of the molecule is C=CCNS(=O)(=O)Cc1ccc(NC(=O)c2c(-n3cccc3)sc(C)c2C)cc1. The molecule has 0 saturated carbocycles. The summed E-state index contributed by atoms with van der Waals surface area (Å²) in [4.78, 5) is 14.1. The third-order valence-electron chi connectivity index (χ3n) is 4.45. The Kier molecular flexibility index (Phi) is 6.36. The van der Waals surface area contributed by atoms with Crippen LogP contribution in [-0.4, -0.2) is 25.4 Å². The van der Waals surface area contributed by atoms with Crippen molar-refractivity contribution in [1.29, 1.82) is 0 Å². The van der Waals surface area contributed by atoms with Gasteiger partial charge in [0.25, 0.3) is 5.91 Å². The summed E-state index contributed by atoms with van der Waals surface area (Å²) in [5, 5.41) is 3.79. The number of thiophene rings is 1. The van der Waals surface area contributed by atoms with Crippen molar-refractivity contribution in [3.05, 3.63) is 83.0 Å². The molecule has 0 aliphatic heterocycles. The van der Waals surface area contributed by atoms with Crippen molar-refractivity contribution in [3.8, 4) is 5.00 Å². The van der Waals surface area contributed by atoms with Crippen LogP contribution < -0.4 is 10.0 Å². The Bertz CT molecular complexity index is 1110. The van der Waals surface area contributed by atoms with E-state index >= 15 is 0 Å². The molecule has 0 atom stereocenters. The lowest BCUT2D eigenvalue weighted by atomic mass is 10.1. The van der Waals surface area contributed by atoms with Crippen LogP contribution in [0.2, 0.25) is 0 Å². The highest BCUT2D eigenvalue weighted by atomic mass is 32.2. The van der Waals surface area contributed by atoms with Crippen molar-refractivity contribution in [3.63, 3.8) is 0 Å². The molecule has 1 aromatic carbocycles. The van der Waals surface area contributed by atoms with Crippen molar-refractivity contribution >= 4 is 33.0 Å². The standard InChI is InChI=1S/C21H23N3O3S2/c1-4-11-22-29(26,27)14-17-7-9-18(10-8-17)23-20(25)19-15(2)16(3)28-21(19)24-12-5-6-13-24/h4-10,12-13,22H,1,11,14H2,2-3H3,(H,23,25). The second-order valence-electron chi connectivity index (χ2n) is 6.60. The van der Waals surface area contributed by atoms with Gasteiger partial charge in [0.1, 0.15) is 5.00 Å². The third-order valence-corrected chi connectivity index (χ3v) is 6.99. The van der Waals surface area contributed by atoms with Gasteiger partial charge in [0.2, 0.25) is 10.0 Å². The fourth-order valence-electron chi connectivity index (χ4n) is 2.86. The van der Waals surface area contributed by atoms with Gasteiger partial charge in [0.15, 0.2) is 0 Å². The fraction of sp³-hybridized carbons (Fsp3) is 0.190. The minimum atomic E-state index is -3.42. The molecule has 0 aliphatic carbocycles. The summed E-state index contributed by atoms with van der Waals surface area (Å²) in [6.45, 7) is 7.63. The van der Waals surface area contributed by atoms with Gasteiger partial charge in [-0.25, -0.2) is 13.1 Å². The molecule has 2 aromatic heterocycles. The molecule has 6 nitrogen and oxygen atoms in total. The minimum Gasteiger partial charge on any atom is -0.322 e. The molecule has 3 rings (SSSR count). The van der Waals surface area contributed by atoms with Crippen LogP contribution in [0.3, 0.4) is 0 Å². The predicted octanol–water partition coefficient (Wildman–Crippen LogP) is 4.01. The highest BCUT2D eigenvalue weighted by Gasteiger charge is 2.20. The molecule has 0 aliphatic rings. The highest BCUT2D eigenvalue weighted by molar-refractivity contribution is 7.88. The lowest BCUT2D eigenvalue weighted by Gasteiger charge is -2.10. The molecule has 2 N–H and O–H groups in total. The molecule has 29 heavy (non-hydrogen) atoms. The van der Waals surface area contributed by atoms with Gasteiger partial charge in [-0.05, 0) is 49.2 Å². The van der Waals surface area contributed by atoms with Crippen LogP contribution in [0.5, 0.6) is 0 Å². The fourth-order valence-corrected chi connectivity index (χ4v) is 5.09. The molecule has 152 valence electrons. The van der Waals surface area contributed by atoms with E-state index in [4.69, 9.17) is 0 Å². The zero-order valence-electron chi connectivity index (χ0n) is 16.3. The Labute approximate surface area is 174 Å². The van der Waals surface area contributed by atoms with E-state index in [2.05, 4.69) is 16.6 Å². The first-order valence-electron chi connectivity index (χ1n) is 9.02. The Balaban J connectivity index is 1.76. The van der Waals surface area contributed by atoms with Crippen LogP contribution in [0.25, 0.3) is 5.00 Å². The quantitative estimate of drug-likeness (QED) is 0.531. The smallest absolute Gasteiger partial charge is 0.258 e. The number of nitrogens with zero attached hydrogens (tertiary/aromatic N) is 1. The van der Waals surface area contributed by atoms with E-state index in [0.717, 1.165) is 15.4 Å². The van der Waals surface area contributed by atoms with Gasteiger partial charge in [0.05, 0.1) is 11.3 Å². The zero-order valence-corrected chi connectivity index (χ0v) is 17.9. The summed E-state index contributed by atoms with van der Waals surface area (Å²) in [6.07, 6.45) is 5.32. The molecule has 3 aromatic rings. The minimum absolute atomic E-state index is 0.129. The maximum Gasteiger partial charge on any atom is 0.258 e. The van der Waals surface area contributed by atoms with Crippen LogP contribution in [0, 0.1) is 13.8 Å². The number of aromatic nitrogens is 1. The molecule has 8 heteroatoms. The van der Waals surface area contributed by atoms with E-state index in [1.807, 2.05) is 42.9 Å². The number of anilines is 1. The van der Waals surface area contributed by atoms with Crippen molar-refractivity contribution < 1.29 is 13.2 Å². The first kappa shape index (κ1) is 21.0. The average Bonchev–Trinajstić information content (AvgIpc) is 3.30. The molecule has 2 heterocycles. The summed E-state index contributed by atoms with van der Waals surface area (Å²) >= 11 is 1.57. The number of sulfonamides is 1. The monoisotopic (exact) mass is 429 g/mol. The van der Waals surface area contributed by atoms with Gasteiger partial charge in [-0.3, -0.25) is 4.79 Å². The van der Waals surface area contributed by atoms with Crippen LogP contribution in [-0.2, 0) is 15.8 Å². The number of amides is 1. The van der Waals surface area contributed by atoms with E-state index in [1.54, 1.807) is 35.6 Å². The van der Waals surface area contributed by atoms with Gasteiger partial charge >= 0.3 is 0 Å². The lowest BCUT2D eigenvalue weighted by Crippen LogP contribution is -2.25. The van der Waals surface area contributed by atoms with E-state index in [0.29, 0.717) is 16.8 Å². The van der Waals surface area contributed by atoms with Crippen LogP contribution in [0.4, 0.5) is 5.69 Å². The van der Waals surface area contributed by atoms with Crippen molar-refractivity contribution in [1.82, 2.24) is 9.29 Å². The summed E-state index contributed by atoms with van der Waals surface area (Å²) in [5.74, 6) is -0.320. The number of hydrogen-bond donors (Lipinski definition) is 2. The first-order chi connectivity index (χ1) is 13.8. The number of carbonyl (C=O) groups excluding carboxylic acids is 1. The van der Waals surface area contributed by atoms with Gasteiger partial charge in [0, 0.05) is 29.5 Å². The normalized spacial score (nSPS) is 11.4. The number of benzene rings is 1. The van der Waals surface area contributed by atoms with Crippen molar-refractivity contribution in [2.75, 3.05) is 11.9 Å². The van der Waals surface area contributed by atoms with E-state index in [-0.39, 0.29) is 18.2 Å². The number of rotatable bonds is 8. The van der Waals surface area contributed by atoms with Gasteiger partial charge in [-0.2, -0.15) is 0 Å². The maximum absolute atomic E-state index is 13.0. The zero-order chi connectivity index (χ0) is 21.0. The first-order valence-corrected chi connectivity index (χ1v) is 11.5. The largest absolute Gasteiger partial charge is 0.322 e. The second-order valence-corrected chi connectivity index (χ2v) is 9.61. The second kappa shape index (κ2) is 8.77. The van der Waals surface area contributed by atoms with Crippen LogP contribution in [0.15, 0.2) is 61.4 Å². The van der Waals surface area contributed by atoms with Crippen LogP contribution in [0.1, 0.15) is 26.4 Å². The van der Waals surface area contributed by atoms with Gasteiger partial charge in [-0.1, -0.05) is 18.2 Å². The molecule has 1 amide bonds. The Morgan fingerprint density at radius 2 is 1.83 bits per heavy atom. The van der Waals surface area contributed by atoms with E-state index in [9.17, 15) is 13.2 Å². The number of hydrogen-bond acceptors (Lipinski definition) is 4. The van der Waals surface area contributed by atoms with E-state index < -0.39 is 10.0 Å².